The Kier molecular flexibility index (Phi) is 25.8. The van der Waals surface area contributed by atoms with Crippen molar-refractivity contribution >= 4 is 10.5 Å². The van der Waals surface area contributed by atoms with E-state index >= 15 is 0 Å². The molecule has 1 aliphatic heterocycles. The number of benzene rings is 1. The van der Waals surface area contributed by atoms with Gasteiger partial charge in [0.15, 0.2) is 0 Å². The molecule has 1 atom stereocenters. The Morgan fingerprint density at radius 1 is 1.00 bits per heavy atom. The summed E-state index contributed by atoms with van der Waals surface area (Å²) in [5.74, 6) is -0.176. The third kappa shape index (κ3) is 15.5. The number of ether oxygens (including phenoxy) is 2. The van der Waals surface area contributed by atoms with Crippen LogP contribution >= 0.6 is 0 Å². The Bertz CT molecular complexity index is 769. The fraction of sp³-hybridized carbons (Fsp3) is 0.458. The SMILES string of the molecule is CC(C)(C)OC(=O)CC[C](=[Cr])N1[C@H](c2ccccc2)COC1(C)C.[C-]#[O+].[C-]#[O+].[C-]#[O+].[C-]#[O+].[C-]#[O+]. The molecule has 0 aromatic heterocycles. The minimum atomic E-state index is -0.447. The average Bonchev–Trinajstić information content (AvgIpc) is 3.18. The second-order valence-corrected chi connectivity index (χ2v) is 8.27. The van der Waals surface area contributed by atoms with Crippen LogP contribution in [0.5, 0.6) is 0 Å². The molecular weight excluding hydrogens is 482 g/mol. The molecule has 2 rings (SSSR count). The van der Waals surface area contributed by atoms with E-state index in [2.05, 4.69) is 80.0 Å². The summed E-state index contributed by atoms with van der Waals surface area (Å²) in [6, 6.07) is 10.5. The Hall–Kier alpha value is -2.29. The number of hydrogen-bond donors (Lipinski definition) is 0. The van der Waals surface area contributed by atoms with E-state index in [1.165, 1.54) is 5.56 Å². The zero-order valence-corrected chi connectivity index (χ0v) is 21.0. The molecule has 9 nitrogen and oxygen atoms in total. The topological polar surface area (TPSA) is 138 Å². The van der Waals surface area contributed by atoms with E-state index in [0.717, 1.165) is 4.50 Å². The first-order valence-corrected chi connectivity index (χ1v) is 9.99. The van der Waals surface area contributed by atoms with Gasteiger partial charge in [0.25, 0.3) is 0 Å². The van der Waals surface area contributed by atoms with E-state index < -0.39 is 11.3 Å². The molecule has 182 valence electrons. The van der Waals surface area contributed by atoms with Crippen LogP contribution in [0, 0.1) is 33.3 Å². The molecule has 1 heterocycles. The Balaban J connectivity index is -0.000000398. The molecule has 34 heavy (non-hydrogen) atoms. The van der Waals surface area contributed by atoms with Crippen molar-refractivity contribution in [2.24, 2.45) is 0 Å². The van der Waals surface area contributed by atoms with Crippen LogP contribution in [0.25, 0.3) is 0 Å². The summed E-state index contributed by atoms with van der Waals surface area (Å²) in [7, 11) is 0. The fourth-order valence-electron chi connectivity index (χ4n) is 2.92. The predicted octanol–water partition coefficient (Wildman–Crippen LogP) is 3.41. The zero-order valence-electron chi connectivity index (χ0n) is 19.7. The van der Waals surface area contributed by atoms with Gasteiger partial charge in [-0.2, -0.15) is 0 Å². The fourth-order valence-corrected chi connectivity index (χ4v) is 3.62. The van der Waals surface area contributed by atoms with E-state index in [4.69, 9.17) is 32.7 Å². The van der Waals surface area contributed by atoms with E-state index in [9.17, 15) is 4.79 Å². The first kappa shape index (κ1) is 39.0. The average molecular weight is 509 g/mol. The molecule has 1 aliphatic rings. The van der Waals surface area contributed by atoms with Crippen LogP contribution < -0.4 is 0 Å². The van der Waals surface area contributed by atoms with Crippen molar-refractivity contribution in [2.75, 3.05) is 6.61 Å². The van der Waals surface area contributed by atoms with Gasteiger partial charge < -0.3 is 0 Å². The predicted molar refractivity (Wildman–Crippen MR) is 111 cm³/mol. The minimum absolute atomic E-state index is 0.149. The molecule has 0 unspecified atom stereocenters. The molecule has 10 heteroatoms. The van der Waals surface area contributed by atoms with Gasteiger partial charge in [-0.15, -0.1) is 0 Å². The third-order valence-corrected chi connectivity index (χ3v) is 4.53. The summed E-state index contributed by atoms with van der Waals surface area (Å²) < 4.78 is 49.9. The van der Waals surface area contributed by atoms with Crippen molar-refractivity contribution in [2.45, 2.75) is 64.8 Å². The molecule has 0 aliphatic carbocycles. The van der Waals surface area contributed by atoms with Crippen LogP contribution in [0.1, 0.15) is 59.1 Å². The number of esters is 1. The Labute approximate surface area is 209 Å². The number of rotatable bonds is 5. The second-order valence-electron chi connectivity index (χ2n) is 7.53. The number of hydrogen-bond acceptors (Lipinski definition) is 4. The van der Waals surface area contributed by atoms with Gasteiger partial charge in [0, 0.05) is 0 Å². The molecule has 0 amide bonds. The summed E-state index contributed by atoms with van der Waals surface area (Å²) in [5.41, 5.74) is 0.361. The van der Waals surface area contributed by atoms with Gasteiger partial charge >= 0.3 is 209 Å². The summed E-state index contributed by atoms with van der Waals surface area (Å²) >= 11 is 3.15. The van der Waals surface area contributed by atoms with Gasteiger partial charge in [0.05, 0.1) is 0 Å². The van der Waals surface area contributed by atoms with Gasteiger partial charge in [-0.3, -0.25) is 0 Å². The maximum atomic E-state index is 12.0. The molecule has 0 N–H and O–H groups in total. The molecule has 1 fully saturated rings. The van der Waals surface area contributed by atoms with Crippen LogP contribution in [0.2, 0.25) is 0 Å². The van der Waals surface area contributed by atoms with E-state index in [0.29, 0.717) is 19.4 Å². The molecule has 1 saturated heterocycles. The van der Waals surface area contributed by atoms with Gasteiger partial charge in [-0.25, -0.2) is 0 Å². The van der Waals surface area contributed by atoms with Crippen molar-refractivity contribution in [1.82, 2.24) is 4.90 Å². The molecule has 1 aromatic carbocycles. The zero-order chi connectivity index (χ0) is 28.0. The quantitative estimate of drug-likeness (QED) is 0.341. The monoisotopic (exact) mass is 509 g/mol. The maximum absolute atomic E-state index is 12.0. The number of carbonyl (C=O) groups excluding carboxylic acids is 1. The van der Waals surface area contributed by atoms with Crippen molar-refractivity contribution in [3.8, 4) is 0 Å². The first-order valence-electron chi connectivity index (χ1n) is 9.35. The van der Waals surface area contributed by atoms with Gasteiger partial charge in [-0.05, 0) is 0 Å². The van der Waals surface area contributed by atoms with E-state index in [1.54, 1.807) is 0 Å². The molecule has 0 spiro atoms. The molecule has 0 saturated carbocycles. The third-order valence-electron chi connectivity index (χ3n) is 3.90. The molecule has 0 bridgehead atoms. The summed E-state index contributed by atoms with van der Waals surface area (Å²) in [5, 5.41) is 0. The van der Waals surface area contributed by atoms with Crippen LogP contribution in [-0.4, -0.2) is 33.3 Å². The van der Waals surface area contributed by atoms with Crippen molar-refractivity contribution in [3.05, 3.63) is 69.1 Å². The standard InChI is InChI=1S/C19H27NO3.5CO.Cr/c1-18(2,3)23-17(21)12-9-13-20-16(14-22-19(20,4)5)15-10-7-6-8-11-15;5*1-2;/h6-8,10-11,16H,9,12,14H2,1-5H3;;;;;;/t16-;;;;;;/m0....../s1. The van der Waals surface area contributed by atoms with Crippen molar-refractivity contribution in [1.29, 1.82) is 0 Å². The molecular formula is C24H27CrNO8. The van der Waals surface area contributed by atoms with Gasteiger partial charge in [-0.1, -0.05) is 0 Å². The van der Waals surface area contributed by atoms with Crippen LogP contribution in [-0.2, 0) is 53.4 Å². The summed E-state index contributed by atoms with van der Waals surface area (Å²) in [6.07, 6.45) is 0.971. The number of carbonyl (C=O) groups is 1. The van der Waals surface area contributed by atoms with Crippen LogP contribution in [0.3, 0.4) is 0 Å². The summed E-state index contributed by atoms with van der Waals surface area (Å²) in [4.78, 5) is 14.2. The Morgan fingerprint density at radius 2 is 1.44 bits per heavy atom. The second kappa shape index (κ2) is 22.5. The first-order chi connectivity index (χ1) is 16.1. The van der Waals surface area contributed by atoms with E-state index in [-0.39, 0.29) is 12.0 Å². The number of nitrogens with zero attached hydrogens (tertiary/aromatic N) is 1. The van der Waals surface area contributed by atoms with Crippen LogP contribution in [0.4, 0.5) is 0 Å². The van der Waals surface area contributed by atoms with Gasteiger partial charge in [0.1, 0.15) is 0 Å². The van der Waals surface area contributed by atoms with Crippen molar-refractivity contribution < 1.29 is 53.4 Å². The molecule has 0 radical (unpaired) electrons. The van der Waals surface area contributed by atoms with E-state index in [1.807, 2.05) is 39.0 Å². The Morgan fingerprint density at radius 3 is 1.85 bits per heavy atom. The van der Waals surface area contributed by atoms with Crippen LogP contribution in [0.15, 0.2) is 30.3 Å². The van der Waals surface area contributed by atoms with Gasteiger partial charge in [0.2, 0.25) is 0 Å². The normalized spacial score (nSPS) is 15.0. The van der Waals surface area contributed by atoms with Crippen molar-refractivity contribution in [3.63, 3.8) is 0 Å². The summed E-state index contributed by atoms with van der Waals surface area (Å²) in [6.45, 7) is 32.9. The molecule has 1 aromatic rings.